The highest BCUT2D eigenvalue weighted by Crippen LogP contribution is 2.35. The summed E-state index contributed by atoms with van der Waals surface area (Å²) in [6.07, 6.45) is 6.63. The number of aliphatic imine (C=N–C) groups is 1. The van der Waals surface area contributed by atoms with E-state index in [-0.39, 0.29) is 5.78 Å². The zero-order chi connectivity index (χ0) is 17.8. The molecule has 26 heavy (non-hydrogen) atoms. The van der Waals surface area contributed by atoms with Crippen LogP contribution in [0.5, 0.6) is 0 Å². The maximum Gasteiger partial charge on any atom is 0.173 e. The topological polar surface area (TPSA) is 29.4 Å². The molecule has 0 bridgehead atoms. The molecule has 2 aromatic rings. The molecule has 0 N–H and O–H groups in total. The van der Waals surface area contributed by atoms with Crippen molar-refractivity contribution in [2.45, 2.75) is 43.8 Å². The molecule has 0 aromatic heterocycles. The number of thioether (sulfide) groups is 2. The van der Waals surface area contributed by atoms with Gasteiger partial charge in [0.25, 0.3) is 0 Å². The van der Waals surface area contributed by atoms with Crippen molar-refractivity contribution in [2.24, 2.45) is 4.99 Å². The Morgan fingerprint density at radius 1 is 1.04 bits per heavy atom. The zero-order valence-electron chi connectivity index (χ0n) is 14.8. The lowest BCUT2D eigenvalue weighted by molar-refractivity contribution is 0.102. The lowest BCUT2D eigenvalue weighted by Crippen LogP contribution is -2.07. The van der Waals surface area contributed by atoms with E-state index in [4.69, 9.17) is 0 Å². The minimum atomic E-state index is 0.187. The first-order chi connectivity index (χ1) is 12.8. The molecule has 0 unspecified atom stereocenters. The number of benzene rings is 2. The normalized spacial score (nSPS) is 17.5. The smallest absolute Gasteiger partial charge is 0.173 e. The zero-order valence-corrected chi connectivity index (χ0v) is 16.5. The predicted molar refractivity (Wildman–Crippen MR) is 114 cm³/mol. The van der Waals surface area contributed by atoms with Crippen molar-refractivity contribution in [1.82, 2.24) is 0 Å². The molecule has 0 amide bonds. The van der Waals surface area contributed by atoms with E-state index < -0.39 is 0 Å². The van der Waals surface area contributed by atoms with Gasteiger partial charge in [-0.3, -0.25) is 4.79 Å². The van der Waals surface area contributed by atoms with Crippen LogP contribution < -0.4 is 0 Å². The van der Waals surface area contributed by atoms with E-state index in [0.717, 1.165) is 21.4 Å². The summed E-state index contributed by atoms with van der Waals surface area (Å²) in [5, 5.41) is 0. The minimum absolute atomic E-state index is 0.187. The van der Waals surface area contributed by atoms with Crippen molar-refractivity contribution in [3.63, 3.8) is 0 Å². The van der Waals surface area contributed by atoms with Gasteiger partial charge in [-0.15, -0.1) is 0 Å². The Bertz CT molecular complexity index is 807. The second-order valence-electron chi connectivity index (χ2n) is 6.96. The molecule has 4 heteroatoms. The van der Waals surface area contributed by atoms with Crippen LogP contribution in [-0.2, 0) is 5.75 Å². The Morgan fingerprint density at radius 2 is 1.81 bits per heavy atom. The molecule has 2 aromatic carbocycles. The third-order valence-electron chi connectivity index (χ3n) is 5.19. The molecule has 1 heterocycles. The summed E-state index contributed by atoms with van der Waals surface area (Å²) in [6, 6.07) is 16.6. The highest BCUT2D eigenvalue weighted by molar-refractivity contribution is 8.38. The van der Waals surface area contributed by atoms with Gasteiger partial charge in [0.15, 0.2) is 5.78 Å². The number of carbonyl (C=O) groups excluding carboxylic acids is 1. The molecular formula is C22H23NOS2. The summed E-state index contributed by atoms with van der Waals surface area (Å²) < 4.78 is 0.996. The molecule has 1 fully saturated rings. The molecule has 2 aliphatic rings. The van der Waals surface area contributed by atoms with Gasteiger partial charge in [-0.1, -0.05) is 85.3 Å². The molecule has 0 saturated heterocycles. The first-order valence-electron chi connectivity index (χ1n) is 9.35. The maximum atomic E-state index is 12.5. The van der Waals surface area contributed by atoms with Crippen LogP contribution in [0.15, 0.2) is 53.5 Å². The fourth-order valence-corrected chi connectivity index (χ4v) is 5.63. The van der Waals surface area contributed by atoms with Crippen LogP contribution in [0.4, 0.5) is 5.69 Å². The molecule has 1 aliphatic heterocycles. The van der Waals surface area contributed by atoms with Gasteiger partial charge in [0.2, 0.25) is 0 Å². The van der Waals surface area contributed by atoms with Crippen LogP contribution in [0.3, 0.4) is 0 Å². The fraction of sp³-hybridized carbons (Fsp3) is 0.364. The van der Waals surface area contributed by atoms with Gasteiger partial charge in [-0.25, -0.2) is 4.99 Å². The third kappa shape index (κ3) is 4.24. The first-order valence-corrected chi connectivity index (χ1v) is 11.3. The molecule has 1 aliphatic carbocycles. The van der Waals surface area contributed by atoms with Crippen molar-refractivity contribution in [1.29, 1.82) is 0 Å². The summed E-state index contributed by atoms with van der Waals surface area (Å²) >= 11 is 3.28. The Morgan fingerprint density at radius 3 is 2.62 bits per heavy atom. The fourth-order valence-electron chi connectivity index (χ4n) is 3.67. The largest absolute Gasteiger partial charge is 0.293 e. The number of para-hydroxylation sites is 1. The van der Waals surface area contributed by atoms with E-state index in [1.165, 1.54) is 43.2 Å². The predicted octanol–water partition coefficient (Wildman–Crippen LogP) is 6.58. The standard InChI is InChI=1S/C22H23NOS2/c24-21(15-26-22-23-20-9-5-4-8-19(20)14-25-22)18-12-10-17(11-13-18)16-6-2-1-3-7-16/h4-5,8-13,16H,1-3,6-7,14-15H2. The molecule has 0 atom stereocenters. The third-order valence-corrected chi connectivity index (χ3v) is 7.44. The summed E-state index contributed by atoms with van der Waals surface area (Å²) in [6.45, 7) is 0. The number of carbonyl (C=O) groups is 1. The SMILES string of the molecule is O=C(CSC1=Nc2ccccc2CS1)c1ccc(C2CCCCC2)cc1. The second-order valence-corrected chi connectivity index (χ2v) is 9.15. The second kappa shape index (κ2) is 8.45. The molecule has 4 rings (SSSR count). The van der Waals surface area contributed by atoms with Crippen molar-refractivity contribution in [2.75, 3.05) is 5.75 Å². The van der Waals surface area contributed by atoms with Crippen molar-refractivity contribution in [3.8, 4) is 0 Å². The molecular weight excluding hydrogens is 358 g/mol. The maximum absolute atomic E-state index is 12.5. The van der Waals surface area contributed by atoms with Gasteiger partial charge >= 0.3 is 0 Å². The van der Waals surface area contributed by atoms with Gasteiger partial charge in [0.1, 0.15) is 4.38 Å². The lowest BCUT2D eigenvalue weighted by Gasteiger charge is -2.22. The van der Waals surface area contributed by atoms with E-state index >= 15 is 0 Å². The minimum Gasteiger partial charge on any atom is -0.293 e. The Labute approximate surface area is 163 Å². The molecule has 2 nitrogen and oxygen atoms in total. The summed E-state index contributed by atoms with van der Waals surface area (Å²) in [5.41, 5.74) is 4.53. The van der Waals surface area contributed by atoms with Crippen LogP contribution in [-0.4, -0.2) is 15.9 Å². The Kier molecular flexibility index (Phi) is 5.81. The van der Waals surface area contributed by atoms with E-state index in [1.807, 2.05) is 30.3 Å². The van der Waals surface area contributed by atoms with E-state index in [1.54, 1.807) is 23.5 Å². The van der Waals surface area contributed by atoms with Crippen LogP contribution >= 0.6 is 23.5 Å². The van der Waals surface area contributed by atoms with Crippen LogP contribution in [0.1, 0.15) is 59.5 Å². The average Bonchev–Trinajstić information content (AvgIpc) is 2.72. The van der Waals surface area contributed by atoms with E-state index in [0.29, 0.717) is 11.7 Å². The van der Waals surface area contributed by atoms with Gasteiger partial charge < -0.3 is 0 Å². The quantitative estimate of drug-likeness (QED) is 0.560. The van der Waals surface area contributed by atoms with Crippen LogP contribution in [0.25, 0.3) is 0 Å². The first kappa shape index (κ1) is 17.9. The molecule has 0 spiro atoms. The number of ketones is 1. The van der Waals surface area contributed by atoms with Crippen LogP contribution in [0.2, 0.25) is 0 Å². The van der Waals surface area contributed by atoms with E-state index in [2.05, 4.69) is 23.2 Å². The Hall–Kier alpha value is -1.52. The number of Topliss-reactive ketones (excluding diaryl/α,β-unsaturated/α-hetero) is 1. The number of nitrogens with zero attached hydrogens (tertiary/aromatic N) is 1. The highest BCUT2D eigenvalue weighted by Gasteiger charge is 2.17. The van der Waals surface area contributed by atoms with Gasteiger partial charge in [0, 0.05) is 11.3 Å². The summed E-state index contributed by atoms with van der Waals surface area (Å²) in [4.78, 5) is 17.2. The summed E-state index contributed by atoms with van der Waals surface area (Å²) in [7, 11) is 0. The average molecular weight is 382 g/mol. The highest BCUT2D eigenvalue weighted by atomic mass is 32.2. The monoisotopic (exact) mass is 381 g/mol. The van der Waals surface area contributed by atoms with Crippen molar-refractivity contribution >= 4 is 39.4 Å². The van der Waals surface area contributed by atoms with E-state index in [9.17, 15) is 4.79 Å². The molecule has 0 radical (unpaired) electrons. The number of hydrogen-bond donors (Lipinski definition) is 0. The van der Waals surface area contributed by atoms with Gasteiger partial charge in [-0.05, 0) is 36.0 Å². The summed E-state index contributed by atoms with van der Waals surface area (Å²) in [5.74, 6) is 2.27. The van der Waals surface area contributed by atoms with Gasteiger partial charge in [0.05, 0.1) is 11.4 Å². The number of hydrogen-bond acceptors (Lipinski definition) is 4. The molecule has 134 valence electrons. The molecule has 1 saturated carbocycles. The Balaban J connectivity index is 1.36. The van der Waals surface area contributed by atoms with Crippen molar-refractivity contribution in [3.05, 3.63) is 65.2 Å². The van der Waals surface area contributed by atoms with Crippen LogP contribution in [0, 0.1) is 0 Å². The van der Waals surface area contributed by atoms with Gasteiger partial charge in [-0.2, -0.15) is 0 Å². The number of rotatable bonds is 4. The van der Waals surface area contributed by atoms with Crippen molar-refractivity contribution < 1.29 is 4.79 Å². The number of fused-ring (bicyclic) bond motifs is 1. The lowest BCUT2D eigenvalue weighted by atomic mass is 9.84.